The molecule has 5 nitrogen and oxygen atoms in total. The number of hydrogen-bond acceptors (Lipinski definition) is 5. The van der Waals surface area contributed by atoms with Gasteiger partial charge in [-0.15, -0.1) is 11.3 Å². The number of nitrogens with zero attached hydrogens (tertiary/aromatic N) is 3. The molecular formula is C24H22ClFN4OS. The number of nitrogens with one attached hydrogen (secondary N) is 1. The Morgan fingerprint density at radius 2 is 2.00 bits per heavy atom. The molecule has 0 bridgehead atoms. The lowest BCUT2D eigenvalue weighted by Crippen LogP contribution is -2.38. The van der Waals surface area contributed by atoms with Crippen molar-refractivity contribution in [3.05, 3.63) is 98.4 Å². The number of amidine groups is 1. The van der Waals surface area contributed by atoms with Gasteiger partial charge >= 0.3 is 0 Å². The summed E-state index contributed by atoms with van der Waals surface area (Å²) in [6.07, 6.45) is 1.74. The van der Waals surface area contributed by atoms with E-state index in [0.717, 1.165) is 16.1 Å². The summed E-state index contributed by atoms with van der Waals surface area (Å²) in [6.45, 7) is 3.81. The monoisotopic (exact) mass is 468 g/mol. The van der Waals surface area contributed by atoms with Crippen molar-refractivity contribution >= 4 is 34.7 Å². The van der Waals surface area contributed by atoms with Crippen molar-refractivity contribution in [3.63, 3.8) is 0 Å². The van der Waals surface area contributed by atoms with Crippen molar-refractivity contribution in [2.75, 3.05) is 7.05 Å². The molecule has 0 radical (unpaired) electrons. The lowest BCUT2D eigenvalue weighted by atomic mass is 9.94. The largest absolute Gasteiger partial charge is 0.346 e. The van der Waals surface area contributed by atoms with E-state index >= 15 is 0 Å². The maximum atomic E-state index is 13.7. The first kappa shape index (κ1) is 22.2. The molecule has 0 saturated heterocycles. The molecule has 32 heavy (non-hydrogen) atoms. The number of thiazole rings is 1. The quantitative estimate of drug-likeness (QED) is 0.536. The number of amides is 1. The van der Waals surface area contributed by atoms with Gasteiger partial charge in [0, 0.05) is 29.5 Å². The second kappa shape index (κ2) is 9.22. The highest BCUT2D eigenvalue weighted by Crippen LogP contribution is 2.38. The van der Waals surface area contributed by atoms with Crippen LogP contribution < -0.4 is 5.32 Å². The predicted molar refractivity (Wildman–Crippen MR) is 126 cm³/mol. The number of halogens is 2. The average molecular weight is 469 g/mol. The van der Waals surface area contributed by atoms with Gasteiger partial charge in [0.25, 0.3) is 5.91 Å². The minimum atomic E-state index is -0.681. The zero-order valence-corrected chi connectivity index (χ0v) is 19.4. The van der Waals surface area contributed by atoms with Crippen LogP contribution in [-0.4, -0.2) is 28.7 Å². The first-order valence-electron chi connectivity index (χ1n) is 10.1. The smallest absolute Gasteiger partial charge is 0.251 e. The van der Waals surface area contributed by atoms with Crippen LogP contribution in [0, 0.1) is 5.82 Å². The number of aliphatic imine (C=N–C) groups is 1. The van der Waals surface area contributed by atoms with Crippen molar-refractivity contribution in [2.45, 2.75) is 25.9 Å². The van der Waals surface area contributed by atoms with Crippen LogP contribution in [0.4, 0.5) is 4.39 Å². The molecular weight excluding hydrogens is 447 g/mol. The van der Waals surface area contributed by atoms with Crippen molar-refractivity contribution in [1.29, 1.82) is 0 Å². The summed E-state index contributed by atoms with van der Waals surface area (Å²) in [5.41, 5.74) is 4.51. The number of carbonyl (C=O) groups excluding carboxylic acids is 1. The molecule has 8 heteroatoms. The summed E-state index contributed by atoms with van der Waals surface area (Å²) in [5, 5.41) is 3.30. The van der Waals surface area contributed by atoms with E-state index in [2.05, 4.69) is 10.3 Å². The van der Waals surface area contributed by atoms with Crippen LogP contribution in [0.3, 0.4) is 0 Å². The normalized spacial score (nSPS) is 17.2. The highest BCUT2D eigenvalue weighted by Gasteiger charge is 2.34. The lowest BCUT2D eigenvalue weighted by Gasteiger charge is -2.33. The number of rotatable bonds is 5. The summed E-state index contributed by atoms with van der Waals surface area (Å²) < 4.78 is 13.7. The second-order valence-electron chi connectivity index (χ2n) is 7.55. The van der Waals surface area contributed by atoms with E-state index in [-0.39, 0.29) is 17.0 Å². The van der Waals surface area contributed by atoms with Crippen LogP contribution in [0.5, 0.6) is 0 Å². The molecule has 164 valence electrons. The fraction of sp³-hybridized carbons (Fsp3) is 0.208. The summed E-state index contributed by atoms with van der Waals surface area (Å²) in [6, 6.07) is 13.0. The van der Waals surface area contributed by atoms with Gasteiger partial charge in [0.2, 0.25) is 0 Å². The number of carbonyl (C=O) groups is 1. The summed E-state index contributed by atoms with van der Waals surface area (Å²) in [7, 11) is 1.87. The first-order chi connectivity index (χ1) is 15.4. The summed E-state index contributed by atoms with van der Waals surface area (Å²) in [5.74, 6) is -0.00557. The zero-order chi connectivity index (χ0) is 22.8. The van der Waals surface area contributed by atoms with Gasteiger partial charge in [-0.05, 0) is 31.5 Å². The van der Waals surface area contributed by atoms with Crippen molar-refractivity contribution in [2.24, 2.45) is 4.99 Å². The van der Waals surface area contributed by atoms with E-state index in [4.69, 9.17) is 16.6 Å². The molecule has 3 aromatic rings. The summed E-state index contributed by atoms with van der Waals surface area (Å²) >= 11 is 7.86. The van der Waals surface area contributed by atoms with Crippen molar-refractivity contribution < 1.29 is 9.18 Å². The topological polar surface area (TPSA) is 57.6 Å². The number of allylic oxidation sites excluding steroid dienone is 1. The van der Waals surface area contributed by atoms with Gasteiger partial charge in [-0.1, -0.05) is 48.0 Å². The Labute approximate surface area is 195 Å². The Bertz CT molecular complexity index is 1190. The molecule has 2 aromatic carbocycles. The molecule has 0 spiro atoms. The van der Waals surface area contributed by atoms with Gasteiger partial charge in [0.05, 0.1) is 22.0 Å². The first-order valence-corrected chi connectivity index (χ1v) is 11.3. The van der Waals surface area contributed by atoms with E-state index < -0.39 is 11.9 Å². The van der Waals surface area contributed by atoms with Crippen molar-refractivity contribution in [1.82, 2.24) is 15.2 Å². The van der Waals surface area contributed by atoms with E-state index in [1.165, 1.54) is 23.5 Å². The molecule has 1 aliphatic heterocycles. The Morgan fingerprint density at radius 1 is 1.25 bits per heavy atom. The van der Waals surface area contributed by atoms with Gasteiger partial charge in [-0.25, -0.2) is 4.39 Å². The standard InChI is InChI=1S/C24H22ClFN4OS/c1-14(16-7-5-4-6-8-16)28-24(31)21-15(2)30(3)23(20-12-27-13-32-20)29-22(21)18-10-9-17(26)11-19(18)25/h4-14,22H,1-3H3,(H,28,31)/t14-,22-/m0/s1. The van der Waals surface area contributed by atoms with E-state index in [1.807, 2.05) is 56.1 Å². The number of aromatic nitrogens is 1. The van der Waals surface area contributed by atoms with Gasteiger partial charge in [-0.2, -0.15) is 0 Å². The van der Waals surface area contributed by atoms with Gasteiger partial charge in [0.1, 0.15) is 17.7 Å². The third-order valence-electron chi connectivity index (χ3n) is 5.54. The minimum Gasteiger partial charge on any atom is -0.346 e. The fourth-order valence-corrected chi connectivity index (χ4v) is 4.62. The van der Waals surface area contributed by atoms with E-state index in [9.17, 15) is 9.18 Å². The third-order valence-corrected chi connectivity index (χ3v) is 6.63. The van der Waals surface area contributed by atoms with Crippen LogP contribution in [0.1, 0.15) is 41.9 Å². The Morgan fingerprint density at radius 3 is 2.66 bits per heavy atom. The second-order valence-corrected chi connectivity index (χ2v) is 8.84. The number of hydrogen-bond donors (Lipinski definition) is 1. The van der Waals surface area contributed by atoms with Gasteiger partial charge < -0.3 is 10.2 Å². The Kier molecular flexibility index (Phi) is 6.39. The van der Waals surface area contributed by atoms with Crippen LogP contribution in [-0.2, 0) is 4.79 Å². The van der Waals surface area contributed by atoms with Crippen LogP contribution in [0.15, 0.2) is 76.5 Å². The van der Waals surface area contributed by atoms with Gasteiger partial charge in [0.15, 0.2) is 0 Å². The van der Waals surface area contributed by atoms with Crippen LogP contribution in [0.25, 0.3) is 0 Å². The molecule has 0 saturated carbocycles. The minimum absolute atomic E-state index is 0.203. The molecule has 4 rings (SSSR count). The highest BCUT2D eigenvalue weighted by molar-refractivity contribution is 7.11. The highest BCUT2D eigenvalue weighted by atomic mass is 35.5. The van der Waals surface area contributed by atoms with E-state index in [0.29, 0.717) is 17.0 Å². The Balaban J connectivity index is 1.76. The van der Waals surface area contributed by atoms with Crippen LogP contribution in [0.2, 0.25) is 5.02 Å². The molecule has 1 amide bonds. The molecule has 1 N–H and O–H groups in total. The number of benzene rings is 2. The molecule has 0 fully saturated rings. The molecule has 0 aliphatic carbocycles. The lowest BCUT2D eigenvalue weighted by molar-refractivity contribution is -0.118. The Hall–Kier alpha value is -3.03. The fourth-order valence-electron chi connectivity index (χ4n) is 3.70. The molecule has 2 heterocycles. The maximum absolute atomic E-state index is 13.7. The van der Waals surface area contributed by atoms with Crippen LogP contribution >= 0.6 is 22.9 Å². The third kappa shape index (κ3) is 4.31. The van der Waals surface area contributed by atoms with Gasteiger partial charge in [-0.3, -0.25) is 14.8 Å². The zero-order valence-electron chi connectivity index (χ0n) is 17.8. The predicted octanol–water partition coefficient (Wildman–Crippen LogP) is 5.52. The average Bonchev–Trinajstić information content (AvgIpc) is 3.31. The summed E-state index contributed by atoms with van der Waals surface area (Å²) in [4.78, 5) is 25.3. The van der Waals surface area contributed by atoms with E-state index in [1.54, 1.807) is 17.8 Å². The SMILES string of the molecule is CC1=C(C(=O)N[C@@H](C)c2ccccc2)[C@H](c2ccc(F)cc2Cl)N=C(c2cncs2)N1C. The molecule has 2 atom stereocenters. The van der Waals surface area contributed by atoms with Crippen molar-refractivity contribution in [3.8, 4) is 0 Å². The molecule has 0 unspecified atom stereocenters. The molecule has 1 aliphatic rings. The molecule has 1 aromatic heterocycles. The maximum Gasteiger partial charge on any atom is 0.251 e.